The maximum Gasteiger partial charge on any atom is 0.250 e. The molecule has 0 aliphatic carbocycles. The summed E-state index contributed by atoms with van der Waals surface area (Å²) in [6.07, 6.45) is 1.33. The summed E-state index contributed by atoms with van der Waals surface area (Å²) in [5.41, 5.74) is 6.08. The molecule has 0 aliphatic heterocycles. The highest BCUT2D eigenvalue weighted by molar-refractivity contribution is 6.33. The normalized spacial score (nSPS) is 11.8. The Morgan fingerprint density at radius 2 is 2.18 bits per heavy atom. The third kappa shape index (κ3) is 3.46. The monoisotopic (exact) mass is 323 g/mol. The summed E-state index contributed by atoms with van der Waals surface area (Å²) in [6, 6.07) is 5.85. The van der Waals surface area contributed by atoms with Crippen molar-refractivity contribution in [3.8, 4) is 5.75 Å². The summed E-state index contributed by atoms with van der Waals surface area (Å²) in [5, 5.41) is 3.32. The second-order valence-electron chi connectivity index (χ2n) is 4.68. The van der Waals surface area contributed by atoms with Gasteiger partial charge >= 0.3 is 0 Å². The van der Waals surface area contributed by atoms with Crippen LogP contribution in [-0.2, 0) is 0 Å². The van der Waals surface area contributed by atoms with E-state index in [-0.39, 0.29) is 22.4 Å². The number of aromatic nitrogens is 1. The van der Waals surface area contributed by atoms with E-state index in [0.717, 1.165) is 0 Å². The summed E-state index contributed by atoms with van der Waals surface area (Å²) >= 11 is 6.06. The lowest BCUT2D eigenvalue weighted by Gasteiger charge is -2.16. The van der Waals surface area contributed by atoms with Gasteiger partial charge in [0.05, 0.1) is 23.7 Å². The van der Waals surface area contributed by atoms with Crippen molar-refractivity contribution in [3.63, 3.8) is 0 Å². The highest BCUT2D eigenvalue weighted by Gasteiger charge is 2.13. The fourth-order valence-corrected chi connectivity index (χ4v) is 2.14. The van der Waals surface area contributed by atoms with Gasteiger partial charge < -0.3 is 15.8 Å². The molecule has 0 saturated carbocycles. The molecule has 116 valence electrons. The second-order valence-corrected chi connectivity index (χ2v) is 5.09. The molecule has 1 atom stereocenters. The number of pyridine rings is 1. The van der Waals surface area contributed by atoms with E-state index in [1.54, 1.807) is 12.1 Å². The molecule has 0 bridgehead atoms. The molecule has 1 amide bonds. The maximum absolute atomic E-state index is 13.7. The van der Waals surface area contributed by atoms with E-state index >= 15 is 0 Å². The van der Waals surface area contributed by atoms with Crippen LogP contribution in [0.4, 0.5) is 10.2 Å². The fraction of sp³-hybridized carbons (Fsp3) is 0.200. The molecule has 2 rings (SSSR count). The van der Waals surface area contributed by atoms with E-state index in [0.29, 0.717) is 11.4 Å². The molecule has 22 heavy (non-hydrogen) atoms. The van der Waals surface area contributed by atoms with Crippen molar-refractivity contribution in [2.45, 2.75) is 13.0 Å². The number of carbonyl (C=O) groups is 1. The van der Waals surface area contributed by atoms with Gasteiger partial charge in [-0.05, 0) is 30.7 Å². The van der Waals surface area contributed by atoms with Crippen molar-refractivity contribution in [3.05, 3.63) is 52.4 Å². The average Bonchev–Trinajstić information content (AvgIpc) is 2.48. The first-order valence-electron chi connectivity index (χ1n) is 6.47. The molecule has 0 fully saturated rings. The quantitative estimate of drug-likeness (QED) is 0.886. The van der Waals surface area contributed by atoms with Gasteiger partial charge in [0, 0.05) is 6.20 Å². The van der Waals surface area contributed by atoms with E-state index in [2.05, 4.69) is 10.3 Å². The van der Waals surface area contributed by atoms with Gasteiger partial charge in [0.1, 0.15) is 5.82 Å². The van der Waals surface area contributed by atoms with Gasteiger partial charge in [0.15, 0.2) is 11.6 Å². The highest BCUT2D eigenvalue weighted by atomic mass is 35.5. The number of primary amides is 1. The number of nitrogens with zero attached hydrogens (tertiary/aromatic N) is 1. The molecule has 0 spiro atoms. The van der Waals surface area contributed by atoms with Gasteiger partial charge in [-0.15, -0.1) is 0 Å². The molecular formula is C15H15ClFN3O2. The first kappa shape index (κ1) is 16.0. The van der Waals surface area contributed by atoms with Crippen molar-refractivity contribution in [2.24, 2.45) is 5.73 Å². The standard InChI is InChI=1S/C15H15ClFN3O2/c1-8(9-3-4-13(22-2)12(17)6-9)20-15-11(16)5-10(7-19-15)14(18)21/h3-8H,1-2H3,(H2,18,21)(H,19,20). The van der Waals surface area contributed by atoms with Crippen LogP contribution < -0.4 is 15.8 Å². The summed E-state index contributed by atoms with van der Waals surface area (Å²) in [5.74, 6) is -0.490. The Bertz CT molecular complexity index is 709. The average molecular weight is 324 g/mol. The van der Waals surface area contributed by atoms with Gasteiger partial charge in [-0.3, -0.25) is 4.79 Å². The summed E-state index contributed by atoms with van der Waals surface area (Å²) in [7, 11) is 1.41. The molecule has 7 heteroatoms. The summed E-state index contributed by atoms with van der Waals surface area (Å²) in [4.78, 5) is 15.1. The van der Waals surface area contributed by atoms with Crippen molar-refractivity contribution >= 4 is 23.3 Å². The smallest absolute Gasteiger partial charge is 0.250 e. The lowest BCUT2D eigenvalue weighted by Crippen LogP contribution is -2.13. The predicted molar refractivity (Wildman–Crippen MR) is 82.8 cm³/mol. The van der Waals surface area contributed by atoms with Crippen molar-refractivity contribution in [2.75, 3.05) is 12.4 Å². The van der Waals surface area contributed by atoms with Gasteiger partial charge in [-0.2, -0.15) is 0 Å². The van der Waals surface area contributed by atoms with E-state index in [1.165, 1.54) is 25.4 Å². The predicted octanol–water partition coefficient (Wildman–Crippen LogP) is 3.15. The topological polar surface area (TPSA) is 77.2 Å². The first-order chi connectivity index (χ1) is 10.4. The van der Waals surface area contributed by atoms with Gasteiger partial charge in [0.25, 0.3) is 0 Å². The fourth-order valence-electron chi connectivity index (χ4n) is 1.92. The Kier molecular flexibility index (Phi) is 4.82. The Morgan fingerprint density at radius 3 is 2.73 bits per heavy atom. The van der Waals surface area contributed by atoms with Crippen LogP contribution in [-0.4, -0.2) is 18.0 Å². The third-order valence-electron chi connectivity index (χ3n) is 3.15. The van der Waals surface area contributed by atoms with Gasteiger partial charge in [-0.25, -0.2) is 9.37 Å². The van der Waals surface area contributed by atoms with Gasteiger partial charge in [0.2, 0.25) is 5.91 Å². The second kappa shape index (κ2) is 6.62. The minimum Gasteiger partial charge on any atom is -0.494 e. The number of rotatable bonds is 5. The number of nitrogens with two attached hydrogens (primary N) is 1. The molecule has 1 unspecified atom stereocenters. The summed E-state index contributed by atoms with van der Waals surface area (Å²) < 4.78 is 18.6. The molecule has 1 heterocycles. The van der Waals surface area contributed by atoms with Crippen LogP contribution in [0.3, 0.4) is 0 Å². The Labute approximate surface area is 132 Å². The first-order valence-corrected chi connectivity index (χ1v) is 6.85. The Morgan fingerprint density at radius 1 is 1.45 bits per heavy atom. The molecule has 0 saturated heterocycles. The van der Waals surface area contributed by atoms with Crippen LogP contribution in [0, 0.1) is 5.82 Å². The van der Waals surface area contributed by atoms with E-state index in [4.69, 9.17) is 22.1 Å². The number of benzene rings is 1. The highest BCUT2D eigenvalue weighted by Crippen LogP contribution is 2.27. The molecule has 3 N–H and O–H groups in total. The molecule has 5 nitrogen and oxygen atoms in total. The van der Waals surface area contributed by atoms with Crippen molar-refractivity contribution < 1.29 is 13.9 Å². The van der Waals surface area contributed by atoms with Crippen LogP contribution in [0.15, 0.2) is 30.5 Å². The zero-order valence-electron chi connectivity index (χ0n) is 12.1. The molecule has 0 radical (unpaired) electrons. The molecular weight excluding hydrogens is 309 g/mol. The van der Waals surface area contributed by atoms with Gasteiger partial charge in [-0.1, -0.05) is 17.7 Å². The van der Waals surface area contributed by atoms with Crippen molar-refractivity contribution in [1.29, 1.82) is 0 Å². The number of carbonyl (C=O) groups excluding carboxylic acids is 1. The summed E-state index contributed by atoms with van der Waals surface area (Å²) in [6.45, 7) is 1.83. The lowest BCUT2D eigenvalue weighted by atomic mass is 10.1. The maximum atomic E-state index is 13.7. The number of ether oxygens (including phenoxy) is 1. The Balaban J connectivity index is 2.20. The largest absolute Gasteiger partial charge is 0.494 e. The van der Waals surface area contributed by atoms with Crippen LogP contribution in [0.25, 0.3) is 0 Å². The van der Waals surface area contributed by atoms with Crippen LogP contribution >= 0.6 is 11.6 Å². The molecule has 0 aliphatic rings. The van der Waals surface area contributed by atoms with Crippen molar-refractivity contribution in [1.82, 2.24) is 4.98 Å². The minimum atomic E-state index is -0.605. The number of methoxy groups -OCH3 is 1. The number of anilines is 1. The minimum absolute atomic E-state index is 0.179. The Hall–Kier alpha value is -2.34. The molecule has 1 aromatic carbocycles. The number of hydrogen-bond donors (Lipinski definition) is 2. The zero-order chi connectivity index (χ0) is 16.3. The van der Waals surface area contributed by atoms with E-state index < -0.39 is 11.7 Å². The molecule has 2 aromatic rings. The molecule has 1 aromatic heterocycles. The van der Waals surface area contributed by atoms with E-state index in [9.17, 15) is 9.18 Å². The lowest BCUT2D eigenvalue weighted by molar-refractivity contribution is 0.1000. The van der Waals surface area contributed by atoms with Crippen LogP contribution in [0.1, 0.15) is 28.9 Å². The number of halogens is 2. The van der Waals surface area contributed by atoms with Crippen LogP contribution in [0.5, 0.6) is 5.75 Å². The number of amides is 1. The third-order valence-corrected chi connectivity index (χ3v) is 3.44. The van der Waals surface area contributed by atoms with Crippen LogP contribution in [0.2, 0.25) is 5.02 Å². The number of nitrogens with one attached hydrogen (secondary N) is 1. The zero-order valence-corrected chi connectivity index (χ0v) is 12.8. The number of hydrogen-bond acceptors (Lipinski definition) is 4. The SMILES string of the molecule is COc1ccc(C(C)Nc2ncc(C(N)=O)cc2Cl)cc1F. The van der Waals surface area contributed by atoms with E-state index in [1.807, 2.05) is 6.92 Å².